The Balaban J connectivity index is 2.55. The lowest BCUT2D eigenvalue weighted by molar-refractivity contribution is -0.144. The normalized spacial score (nSPS) is 12.2. The van der Waals surface area contributed by atoms with Crippen molar-refractivity contribution in [2.75, 3.05) is 6.61 Å². The zero-order valence-electron chi connectivity index (χ0n) is 10.2. The Morgan fingerprint density at radius 1 is 1.56 bits per heavy atom. The van der Waals surface area contributed by atoms with Gasteiger partial charge in [0.15, 0.2) is 0 Å². The zero-order chi connectivity index (χ0) is 13.5. The average Bonchev–Trinajstić information content (AvgIpc) is 2.33. The highest BCUT2D eigenvalue weighted by Gasteiger charge is 2.17. The highest BCUT2D eigenvalue weighted by atomic mass is 35.5. The van der Waals surface area contributed by atoms with Crippen molar-refractivity contribution in [2.45, 2.75) is 32.3 Å². The number of ether oxygens (including phenoxy) is 1. The van der Waals surface area contributed by atoms with Gasteiger partial charge in [0.2, 0.25) is 0 Å². The lowest BCUT2D eigenvalue weighted by Gasteiger charge is -2.13. The van der Waals surface area contributed by atoms with Crippen molar-refractivity contribution in [3.05, 3.63) is 34.6 Å². The molecular weight excluding hydrogens is 259 g/mol. The van der Waals surface area contributed by atoms with Gasteiger partial charge in [-0.2, -0.15) is 0 Å². The molecule has 3 nitrogen and oxygen atoms in total. The molecule has 0 aliphatic carbocycles. The molecule has 1 aromatic rings. The first kappa shape index (κ1) is 14.9. The molecule has 0 aliphatic heterocycles. The number of carbonyl (C=O) groups excluding carboxylic acids is 1. The van der Waals surface area contributed by atoms with Crippen molar-refractivity contribution in [3.8, 4) is 0 Å². The number of hydrogen-bond acceptors (Lipinski definition) is 3. The topological polar surface area (TPSA) is 46.5 Å². The van der Waals surface area contributed by atoms with Crippen molar-refractivity contribution in [2.24, 2.45) is 0 Å². The Bertz CT molecular complexity index is 389. The van der Waals surface area contributed by atoms with Gasteiger partial charge in [-0.05, 0) is 25.0 Å². The van der Waals surface area contributed by atoms with E-state index in [4.69, 9.17) is 16.3 Å². The Morgan fingerprint density at radius 2 is 2.28 bits per heavy atom. The highest BCUT2D eigenvalue weighted by molar-refractivity contribution is 6.31. The smallest absolute Gasteiger partial charge is 0.305 e. The molecule has 1 atom stereocenters. The molecular formula is C13H16ClFO3. The van der Waals surface area contributed by atoms with E-state index in [-0.39, 0.29) is 23.4 Å². The SMILES string of the molecule is CCCOC(=O)CCC(O)c1c(F)cccc1Cl. The van der Waals surface area contributed by atoms with Crippen LogP contribution in [0.3, 0.4) is 0 Å². The predicted molar refractivity (Wildman–Crippen MR) is 66.9 cm³/mol. The van der Waals surface area contributed by atoms with E-state index >= 15 is 0 Å². The van der Waals surface area contributed by atoms with E-state index in [0.717, 1.165) is 6.42 Å². The number of aliphatic hydroxyl groups excluding tert-OH is 1. The van der Waals surface area contributed by atoms with Crippen LogP contribution in [0.5, 0.6) is 0 Å². The van der Waals surface area contributed by atoms with Crippen molar-refractivity contribution in [1.29, 1.82) is 0 Å². The van der Waals surface area contributed by atoms with E-state index in [2.05, 4.69) is 0 Å². The number of esters is 1. The lowest BCUT2D eigenvalue weighted by Crippen LogP contribution is -2.09. The molecule has 0 spiro atoms. The third kappa shape index (κ3) is 4.27. The number of halogens is 2. The second-order valence-electron chi connectivity index (χ2n) is 3.91. The molecule has 0 saturated heterocycles. The molecule has 1 rings (SSSR count). The molecule has 1 aromatic carbocycles. The number of carbonyl (C=O) groups is 1. The minimum atomic E-state index is -1.10. The van der Waals surface area contributed by atoms with Crippen LogP contribution in [-0.2, 0) is 9.53 Å². The van der Waals surface area contributed by atoms with E-state index < -0.39 is 17.9 Å². The van der Waals surface area contributed by atoms with Crippen LogP contribution in [-0.4, -0.2) is 17.7 Å². The van der Waals surface area contributed by atoms with Gasteiger partial charge in [-0.15, -0.1) is 0 Å². The molecule has 100 valence electrons. The number of aliphatic hydroxyl groups is 1. The van der Waals surface area contributed by atoms with Gasteiger partial charge >= 0.3 is 5.97 Å². The molecule has 0 aliphatic rings. The molecule has 5 heteroatoms. The molecule has 1 unspecified atom stereocenters. The van der Waals surface area contributed by atoms with E-state index in [9.17, 15) is 14.3 Å². The molecule has 0 radical (unpaired) electrons. The summed E-state index contributed by atoms with van der Waals surface area (Å²) >= 11 is 5.81. The molecule has 0 bridgehead atoms. The van der Waals surface area contributed by atoms with Crippen LogP contribution in [0.2, 0.25) is 5.02 Å². The minimum absolute atomic E-state index is 0.0301. The molecule has 0 heterocycles. The van der Waals surface area contributed by atoms with Crippen LogP contribution in [0, 0.1) is 5.82 Å². The first-order valence-electron chi connectivity index (χ1n) is 5.83. The fourth-order valence-corrected chi connectivity index (χ4v) is 1.80. The quantitative estimate of drug-likeness (QED) is 0.810. The number of hydrogen-bond donors (Lipinski definition) is 1. The van der Waals surface area contributed by atoms with Crippen molar-refractivity contribution >= 4 is 17.6 Å². The molecule has 0 amide bonds. The van der Waals surface area contributed by atoms with Crippen LogP contribution in [0.1, 0.15) is 37.9 Å². The summed E-state index contributed by atoms with van der Waals surface area (Å²) in [6.45, 7) is 2.25. The summed E-state index contributed by atoms with van der Waals surface area (Å²) in [7, 11) is 0. The van der Waals surface area contributed by atoms with Gasteiger partial charge in [-0.1, -0.05) is 24.6 Å². The fourth-order valence-electron chi connectivity index (χ4n) is 1.52. The van der Waals surface area contributed by atoms with Gasteiger partial charge in [0, 0.05) is 17.0 Å². The maximum absolute atomic E-state index is 13.5. The Kier molecular flexibility index (Phi) is 6.09. The maximum Gasteiger partial charge on any atom is 0.305 e. The molecule has 0 saturated carbocycles. The molecule has 0 fully saturated rings. The largest absolute Gasteiger partial charge is 0.466 e. The van der Waals surface area contributed by atoms with E-state index in [1.54, 1.807) is 0 Å². The van der Waals surface area contributed by atoms with Crippen LogP contribution in [0.4, 0.5) is 4.39 Å². The van der Waals surface area contributed by atoms with E-state index in [0.29, 0.717) is 6.61 Å². The summed E-state index contributed by atoms with van der Waals surface area (Å²) in [6, 6.07) is 4.18. The van der Waals surface area contributed by atoms with Crippen LogP contribution >= 0.6 is 11.6 Å². The summed E-state index contributed by atoms with van der Waals surface area (Å²) in [5, 5.41) is 9.98. The third-order valence-corrected chi connectivity index (χ3v) is 2.75. The molecule has 0 aromatic heterocycles. The van der Waals surface area contributed by atoms with Gasteiger partial charge in [0.25, 0.3) is 0 Å². The van der Waals surface area contributed by atoms with Crippen LogP contribution in [0.15, 0.2) is 18.2 Å². The number of benzene rings is 1. The average molecular weight is 275 g/mol. The first-order chi connectivity index (χ1) is 8.56. The van der Waals surface area contributed by atoms with Crippen LogP contribution in [0.25, 0.3) is 0 Å². The van der Waals surface area contributed by atoms with E-state index in [1.807, 2.05) is 6.92 Å². The van der Waals surface area contributed by atoms with Crippen LogP contribution < -0.4 is 0 Å². The molecule has 1 N–H and O–H groups in total. The monoisotopic (exact) mass is 274 g/mol. The predicted octanol–water partition coefficient (Wildman–Crippen LogP) is 3.25. The third-order valence-electron chi connectivity index (χ3n) is 2.42. The maximum atomic E-state index is 13.5. The van der Waals surface area contributed by atoms with Crippen molar-refractivity contribution in [1.82, 2.24) is 0 Å². The summed E-state index contributed by atoms with van der Waals surface area (Å²) in [4.78, 5) is 11.2. The Morgan fingerprint density at radius 3 is 2.89 bits per heavy atom. The highest BCUT2D eigenvalue weighted by Crippen LogP contribution is 2.28. The standard InChI is InChI=1S/C13H16ClFO3/c1-2-8-18-12(17)7-6-11(16)13-9(14)4-3-5-10(13)15/h3-5,11,16H,2,6-8H2,1H3. The Labute approximate surface area is 111 Å². The first-order valence-corrected chi connectivity index (χ1v) is 6.21. The summed E-state index contributed by atoms with van der Waals surface area (Å²) in [5.41, 5.74) is 0.0301. The van der Waals surface area contributed by atoms with Crippen molar-refractivity contribution < 1.29 is 19.0 Å². The fraction of sp³-hybridized carbons (Fsp3) is 0.462. The summed E-state index contributed by atoms with van der Waals surface area (Å²) in [5.74, 6) is -0.972. The summed E-state index contributed by atoms with van der Waals surface area (Å²) in [6.07, 6.45) is -0.240. The lowest BCUT2D eigenvalue weighted by atomic mass is 10.0. The number of rotatable bonds is 6. The van der Waals surface area contributed by atoms with Gasteiger partial charge in [-0.25, -0.2) is 4.39 Å². The second-order valence-corrected chi connectivity index (χ2v) is 4.32. The minimum Gasteiger partial charge on any atom is -0.466 e. The molecule has 18 heavy (non-hydrogen) atoms. The van der Waals surface area contributed by atoms with Gasteiger partial charge in [-0.3, -0.25) is 4.79 Å². The van der Waals surface area contributed by atoms with Gasteiger partial charge in [0.1, 0.15) is 5.82 Å². The van der Waals surface area contributed by atoms with Crippen molar-refractivity contribution in [3.63, 3.8) is 0 Å². The van der Waals surface area contributed by atoms with E-state index in [1.165, 1.54) is 18.2 Å². The van der Waals surface area contributed by atoms with Gasteiger partial charge in [0.05, 0.1) is 12.7 Å². The summed E-state index contributed by atoms with van der Waals surface area (Å²) < 4.78 is 18.3. The second kappa shape index (κ2) is 7.34. The zero-order valence-corrected chi connectivity index (χ0v) is 10.9. The Hall–Kier alpha value is -1.13. The van der Waals surface area contributed by atoms with Gasteiger partial charge < -0.3 is 9.84 Å².